The fourth-order valence-corrected chi connectivity index (χ4v) is 1.76. The van der Waals surface area contributed by atoms with Gasteiger partial charge in [0, 0.05) is 13.1 Å². The molecule has 4 nitrogen and oxygen atoms in total. The predicted molar refractivity (Wildman–Crippen MR) is 61.3 cm³/mol. The molecule has 0 saturated heterocycles. The number of aromatic carboxylic acids is 1. The van der Waals surface area contributed by atoms with Gasteiger partial charge in [0.2, 0.25) is 0 Å². The van der Waals surface area contributed by atoms with Crippen LogP contribution in [0.3, 0.4) is 0 Å². The molecule has 1 heterocycles. The van der Waals surface area contributed by atoms with Crippen LogP contribution in [-0.2, 0) is 0 Å². The minimum absolute atomic E-state index is 0.281. The van der Waals surface area contributed by atoms with E-state index in [1.165, 1.54) is 7.11 Å². The van der Waals surface area contributed by atoms with Crippen molar-refractivity contribution in [2.24, 2.45) is 0 Å². The molecule has 0 bridgehead atoms. The molecule has 1 N–H and O–H groups in total. The number of benzene rings is 1. The largest absolute Gasteiger partial charge is 0.497 e. The molecule has 2 rings (SSSR count). The SMILES string of the molecule is COc1ccc(N2CC=CC2)c(C(=O)O)c1. The number of hydrogen-bond donors (Lipinski definition) is 1. The molecule has 84 valence electrons. The van der Waals surface area contributed by atoms with Crippen LogP contribution >= 0.6 is 0 Å². The Kier molecular flexibility index (Phi) is 2.81. The Bertz CT molecular complexity index is 432. The van der Waals surface area contributed by atoms with Crippen LogP contribution in [0.5, 0.6) is 5.75 Å². The molecule has 0 saturated carbocycles. The summed E-state index contributed by atoms with van der Waals surface area (Å²) in [5.41, 5.74) is 1.02. The van der Waals surface area contributed by atoms with E-state index in [2.05, 4.69) is 0 Å². The first-order valence-electron chi connectivity index (χ1n) is 5.03. The second-order valence-corrected chi connectivity index (χ2v) is 3.56. The zero-order valence-corrected chi connectivity index (χ0v) is 9.01. The molecule has 0 aromatic heterocycles. The summed E-state index contributed by atoms with van der Waals surface area (Å²) < 4.78 is 5.03. The average Bonchev–Trinajstić information content (AvgIpc) is 2.81. The lowest BCUT2D eigenvalue weighted by Gasteiger charge is -2.20. The van der Waals surface area contributed by atoms with E-state index in [4.69, 9.17) is 9.84 Å². The van der Waals surface area contributed by atoms with Crippen molar-refractivity contribution in [2.75, 3.05) is 25.1 Å². The first-order valence-corrected chi connectivity index (χ1v) is 5.03. The van der Waals surface area contributed by atoms with Crippen LogP contribution in [-0.4, -0.2) is 31.3 Å². The van der Waals surface area contributed by atoms with Crippen molar-refractivity contribution in [3.8, 4) is 5.75 Å². The van der Waals surface area contributed by atoms with Gasteiger partial charge >= 0.3 is 5.97 Å². The van der Waals surface area contributed by atoms with E-state index in [0.29, 0.717) is 5.75 Å². The molecular weight excluding hydrogens is 206 g/mol. The van der Waals surface area contributed by atoms with E-state index in [-0.39, 0.29) is 5.56 Å². The Morgan fingerprint density at radius 1 is 1.38 bits per heavy atom. The topological polar surface area (TPSA) is 49.8 Å². The quantitative estimate of drug-likeness (QED) is 0.787. The van der Waals surface area contributed by atoms with Crippen molar-refractivity contribution >= 4 is 11.7 Å². The molecule has 0 fully saturated rings. The van der Waals surface area contributed by atoms with Crippen LogP contribution in [0.25, 0.3) is 0 Å². The van der Waals surface area contributed by atoms with Crippen LogP contribution in [0.15, 0.2) is 30.4 Å². The molecule has 16 heavy (non-hydrogen) atoms. The number of rotatable bonds is 3. The summed E-state index contributed by atoms with van der Waals surface area (Å²) in [5, 5.41) is 9.14. The van der Waals surface area contributed by atoms with Crippen molar-refractivity contribution in [1.29, 1.82) is 0 Å². The van der Waals surface area contributed by atoms with Gasteiger partial charge in [-0.15, -0.1) is 0 Å². The fourth-order valence-electron chi connectivity index (χ4n) is 1.76. The van der Waals surface area contributed by atoms with Gasteiger partial charge in [-0.2, -0.15) is 0 Å². The zero-order valence-electron chi connectivity index (χ0n) is 9.01. The fraction of sp³-hybridized carbons (Fsp3) is 0.250. The Morgan fingerprint density at radius 2 is 2.06 bits per heavy atom. The van der Waals surface area contributed by atoms with Crippen LogP contribution in [0.4, 0.5) is 5.69 Å². The third-order valence-electron chi connectivity index (χ3n) is 2.59. The van der Waals surface area contributed by atoms with Crippen molar-refractivity contribution < 1.29 is 14.6 Å². The van der Waals surface area contributed by atoms with E-state index >= 15 is 0 Å². The maximum Gasteiger partial charge on any atom is 0.337 e. The summed E-state index contributed by atoms with van der Waals surface area (Å²) in [5.74, 6) is -0.367. The standard InChI is InChI=1S/C12H13NO3/c1-16-9-4-5-11(10(8-9)12(14)15)13-6-2-3-7-13/h2-5,8H,6-7H2,1H3,(H,14,15). The lowest BCUT2D eigenvalue weighted by atomic mass is 10.1. The maximum absolute atomic E-state index is 11.1. The highest BCUT2D eigenvalue weighted by Crippen LogP contribution is 2.26. The molecule has 0 amide bonds. The molecule has 1 aromatic carbocycles. The first kappa shape index (κ1) is 10.5. The Labute approximate surface area is 93.8 Å². The number of methoxy groups -OCH3 is 1. The van der Waals surface area contributed by atoms with Gasteiger partial charge < -0.3 is 14.7 Å². The molecule has 0 spiro atoms. The molecule has 0 unspecified atom stereocenters. The molecule has 4 heteroatoms. The van der Waals surface area contributed by atoms with E-state index < -0.39 is 5.97 Å². The van der Waals surface area contributed by atoms with Gasteiger partial charge in [0.05, 0.1) is 18.4 Å². The summed E-state index contributed by atoms with van der Waals surface area (Å²) in [7, 11) is 1.53. The summed E-state index contributed by atoms with van der Waals surface area (Å²) in [6.45, 7) is 1.51. The van der Waals surface area contributed by atoms with Crippen LogP contribution < -0.4 is 9.64 Å². The predicted octanol–water partition coefficient (Wildman–Crippen LogP) is 1.77. The molecule has 0 aliphatic carbocycles. The van der Waals surface area contributed by atoms with Gasteiger partial charge in [-0.25, -0.2) is 4.79 Å². The smallest absolute Gasteiger partial charge is 0.337 e. The third-order valence-corrected chi connectivity index (χ3v) is 2.59. The molecule has 1 aromatic rings. The van der Waals surface area contributed by atoms with Gasteiger partial charge in [0.15, 0.2) is 0 Å². The number of hydrogen-bond acceptors (Lipinski definition) is 3. The Morgan fingerprint density at radius 3 is 2.62 bits per heavy atom. The van der Waals surface area contributed by atoms with Crippen molar-refractivity contribution in [2.45, 2.75) is 0 Å². The number of carboxylic acids is 1. The molecule has 1 aliphatic rings. The number of nitrogens with zero attached hydrogens (tertiary/aromatic N) is 1. The second kappa shape index (κ2) is 4.26. The van der Waals surface area contributed by atoms with Gasteiger partial charge in [-0.05, 0) is 18.2 Å². The highest BCUT2D eigenvalue weighted by molar-refractivity contribution is 5.95. The normalized spacial score (nSPS) is 14.2. The highest BCUT2D eigenvalue weighted by atomic mass is 16.5. The Hall–Kier alpha value is -1.97. The third kappa shape index (κ3) is 1.86. The van der Waals surface area contributed by atoms with E-state index in [0.717, 1.165) is 18.8 Å². The minimum Gasteiger partial charge on any atom is -0.497 e. The average molecular weight is 219 g/mol. The van der Waals surface area contributed by atoms with Gasteiger partial charge in [-0.1, -0.05) is 12.2 Å². The van der Waals surface area contributed by atoms with Crippen LogP contribution in [0, 0.1) is 0 Å². The van der Waals surface area contributed by atoms with Gasteiger partial charge in [-0.3, -0.25) is 0 Å². The van der Waals surface area contributed by atoms with Gasteiger partial charge in [0.25, 0.3) is 0 Å². The Balaban J connectivity index is 2.39. The van der Waals surface area contributed by atoms with Crippen molar-refractivity contribution in [1.82, 2.24) is 0 Å². The number of carbonyl (C=O) groups is 1. The van der Waals surface area contributed by atoms with Crippen molar-refractivity contribution in [3.05, 3.63) is 35.9 Å². The summed E-state index contributed by atoms with van der Waals surface area (Å²) in [4.78, 5) is 13.1. The summed E-state index contributed by atoms with van der Waals surface area (Å²) >= 11 is 0. The zero-order chi connectivity index (χ0) is 11.5. The van der Waals surface area contributed by atoms with Crippen molar-refractivity contribution in [3.63, 3.8) is 0 Å². The number of carboxylic acid groups (broad SMARTS) is 1. The summed E-state index contributed by atoms with van der Waals surface area (Å²) in [6, 6.07) is 5.12. The van der Waals surface area contributed by atoms with E-state index in [1.807, 2.05) is 17.1 Å². The van der Waals surface area contributed by atoms with E-state index in [1.54, 1.807) is 18.2 Å². The van der Waals surface area contributed by atoms with Crippen LogP contribution in [0.2, 0.25) is 0 Å². The van der Waals surface area contributed by atoms with E-state index in [9.17, 15) is 4.79 Å². The first-order chi connectivity index (χ1) is 7.72. The second-order valence-electron chi connectivity index (χ2n) is 3.56. The van der Waals surface area contributed by atoms with Gasteiger partial charge in [0.1, 0.15) is 5.75 Å². The summed E-state index contributed by atoms with van der Waals surface area (Å²) in [6.07, 6.45) is 4.05. The molecule has 1 aliphatic heterocycles. The number of ether oxygens (including phenoxy) is 1. The monoisotopic (exact) mass is 219 g/mol. The molecule has 0 radical (unpaired) electrons. The molecule has 0 atom stereocenters. The maximum atomic E-state index is 11.1. The van der Waals surface area contributed by atoms with Crippen LogP contribution in [0.1, 0.15) is 10.4 Å². The lowest BCUT2D eigenvalue weighted by molar-refractivity contribution is 0.0697. The highest BCUT2D eigenvalue weighted by Gasteiger charge is 2.17. The number of anilines is 1. The lowest BCUT2D eigenvalue weighted by Crippen LogP contribution is -2.21. The minimum atomic E-state index is -0.930. The molecular formula is C12H13NO3.